The lowest BCUT2D eigenvalue weighted by Gasteiger charge is -2.00. The first-order valence-electron chi connectivity index (χ1n) is 2.87. The molecular weight excluding hydrogens is 247 g/mol. The zero-order valence-corrected chi connectivity index (χ0v) is 8.06. The van der Waals surface area contributed by atoms with Gasteiger partial charge >= 0.3 is 5.97 Å². The Labute approximate surface area is 81.5 Å². The van der Waals surface area contributed by atoms with Crippen LogP contribution in [0.3, 0.4) is 0 Å². The van der Waals surface area contributed by atoms with Crippen molar-refractivity contribution in [1.82, 2.24) is 4.98 Å². The predicted molar refractivity (Wildman–Crippen MR) is 48.3 cm³/mol. The van der Waals surface area contributed by atoms with Crippen LogP contribution in [0.25, 0.3) is 0 Å². The van der Waals surface area contributed by atoms with Gasteiger partial charge in [0.05, 0.1) is 9.50 Å². The maximum atomic E-state index is 10.5. The molecule has 6 heteroatoms. The molecule has 0 aromatic carbocycles. The molecule has 0 spiro atoms. The third-order valence-corrected chi connectivity index (χ3v) is 2.07. The van der Waals surface area contributed by atoms with Gasteiger partial charge in [0.1, 0.15) is 5.82 Å². The molecule has 0 radical (unpaired) electrons. The van der Waals surface area contributed by atoms with E-state index in [0.29, 0.717) is 4.47 Å². The van der Waals surface area contributed by atoms with Crippen LogP contribution in [0, 0.1) is 0 Å². The molecule has 0 saturated heterocycles. The van der Waals surface area contributed by atoms with Gasteiger partial charge in [-0.1, -0.05) is 11.6 Å². The third kappa shape index (κ3) is 1.67. The van der Waals surface area contributed by atoms with E-state index in [2.05, 4.69) is 20.9 Å². The van der Waals surface area contributed by atoms with Gasteiger partial charge in [0.15, 0.2) is 5.69 Å². The number of carbonyl (C=O) groups is 1. The van der Waals surface area contributed by atoms with Crippen molar-refractivity contribution in [3.05, 3.63) is 21.3 Å². The van der Waals surface area contributed by atoms with E-state index in [0.717, 1.165) is 0 Å². The van der Waals surface area contributed by atoms with Crippen molar-refractivity contribution in [2.24, 2.45) is 0 Å². The summed E-state index contributed by atoms with van der Waals surface area (Å²) in [7, 11) is 0. The topological polar surface area (TPSA) is 76.2 Å². The number of halogens is 2. The predicted octanol–water partition coefficient (Wildman–Crippen LogP) is 1.78. The van der Waals surface area contributed by atoms with Crippen LogP contribution in [-0.2, 0) is 0 Å². The molecule has 0 aliphatic heterocycles. The highest BCUT2D eigenvalue weighted by Crippen LogP contribution is 2.24. The third-order valence-electron chi connectivity index (χ3n) is 1.16. The standard InChI is InChI=1S/C6H4BrClN2O2/c7-2-1-3(8)5(9)10-4(2)6(11)12/h1H,(H2,9,10)(H,11,12). The Bertz CT molecular complexity index is 343. The molecule has 0 fully saturated rings. The number of nitrogens with zero attached hydrogens (tertiary/aromatic N) is 1. The highest BCUT2D eigenvalue weighted by Gasteiger charge is 2.12. The molecule has 64 valence electrons. The first kappa shape index (κ1) is 9.28. The van der Waals surface area contributed by atoms with Crippen LogP contribution >= 0.6 is 27.5 Å². The van der Waals surface area contributed by atoms with Crippen LogP contribution in [0.15, 0.2) is 10.5 Å². The number of nitrogen functional groups attached to an aromatic ring is 1. The molecule has 0 bridgehead atoms. The normalized spacial score (nSPS) is 9.83. The smallest absolute Gasteiger partial charge is 0.355 e. The van der Waals surface area contributed by atoms with E-state index in [1.54, 1.807) is 0 Å². The first-order chi connectivity index (χ1) is 5.52. The van der Waals surface area contributed by atoms with Crippen LogP contribution in [0.1, 0.15) is 10.5 Å². The summed E-state index contributed by atoms with van der Waals surface area (Å²) in [6.07, 6.45) is 0. The maximum absolute atomic E-state index is 10.5. The largest absolute Gasteiger partial charge is 0.476 e. The minimum atomic E-state index is -1.15. The number of anilines is 1. The minimum Gasteiger partial charge on any atom is -0.476 e. The van der Waals surface area contributed by atoms with Crippen molar-refractivity contribution >= 4 is 39.3 Å². The summed E-state index contributed by atoms with van der Waals surface area (Å²) in [6.45, 7) is 0. The molecule has 0 saturated carbocycles. The highest BCUT2D eigenvalue weighted by molar-refractivity contribution is 9.10. The lowest BCUT2D eigenvalue weighted by molar-refractivity contribution is 0.0689. The highest BCUT2D eigenvalue weighted by atomic mass is 79.9. The number of aromatic carboxylic acids is 1. The molecule has 0 amide bonds. The summed E-state index contributed by atoms with van der Waals surface area (Å²) in [4.78, 5) is 14.1. The summed E-state index contributed by atoms with van der Waals surface area (Å²) in [5, 5.41) is 8.82. The lowest BCUT2D eigenvalue weighted by Crippen LogP contribution is -2.04. The Hall–Kier alpha value is -0.810. The second-order valence-electron chi connectivity index (χ2n) is 1.99. The summed E-state index contributed by atoms with van der Waals surface area (Å²) in [5.74, 6) is -1.14. The van der Waals surface area contributed by atoms with E-state index < -0.39 is 5.97 Å². The molecule has 12 heavy (non-hydrogen) atoms. The molecule has 1 heterocycles. The Morgan fingerprint density at radius 3 is 2.83 bits per heavy atom. The van der Waals surface area contributed by atoms with Crippen LogP contribution in [0.2, 0.25) is 5.02 Å². The van der Waals surface area contributed by atoms with E-state index in [4.69, 9.17) is 22.4 Å². The zero-order valence-electron chi connectivity index (χ0n) is 5.71. The number of hydrogen-bond donors (Lipinski definition) is 2. The van der Waals surface area contributed by atoms with Gasteiger partial charge in [-0.25, -0.2) is 9.78 Å². The van der Waals surface area contributed by atoms with E-state index in [9.17, 15) is 4.79 Å². The zero-order chi connectivity index (χ0) is 9.30. The summed E-state index contributed by atoms with van der Waals surface area (Å²) < 4.78 is 0.314. The van der Waals surface area contributed by atoms with E-state index >= 15 is 0 Å². The Morgan fingerprint density at radius 1 is 1.75 bits per heavy atom. The number of carboxylic acid groups (broad SMARTS) is 1. The van der Waals surface area contributed by atoms with E-state index in [1.165, 1.54) is 6.07 Å². The van der Waals surface area contributed by atoms with Gasteiger partial charge in [-0.05, 0) is 22.0 Å². The molecule has 0 aliphatic rings. The van der Waals surface area contributed by atoms with Crippen molar-refractivity contribution in [2.45, 2.75) is 0 Å². The summed E-state index contributed by atoms with van der Waals surface area (Å²) in [6, 6.07) is 1.40. The van der Waals surface area contributed by atoms with Crippen LogP contribution in [0.4, 0.5) is 5.82 Å². The van der Waals surface area contributed by atoms with Gasteiger partial charge in [-0.3, -0.25) is 0 Å². The molecule has 0 atom stereocenters. The number of hydrogen-bond acceptors (Lipinski definition) is 3. The quantitative estimate of drug-likeness (QED) is 0.797. The van der Waals surface area contributed by atoms with Crippen molar-refractivity contribution < 1.29 is 9.90 Å². The Balaban J connectivity index is 3.33. The number of rotatable bonds is 1. The number of aromatic nitrogens is 1. The van der Waals surface area contributed by atoms with E-state index in [-0.39, 0.29) is 16.5 Å². The average Bonchev–Trinajstić information content (AvgIpc) is 1.96. The second-order valence-corrected chi connectivity index (χ2v) is 3.25. The van der Waals surface area contributed by atoms with Gasteiger partial charge in [0.2, 0.25) is 0 Å². The van der Waals surface area contributed by atoms with Crippen LogP contribution < -0.4 is 5.73 Å². The monoisotopic (exact) mass is 250 g/mol. The Kier molecular flexibility index (Phi) is 2.54. The van der Waals surface area contributed by atoms with Crippen molar-refractivity contribution in [1.29, 1.82) is 0 Å². The molecule has 1 aromatic rings. The van der Waals surface area contributed by atoms with Gasteiger partial charge in [-0.15, -0.1) is 0 Å². The molecule has 1 rings (SSSR count). The second kappa shape index (κ2) is 3.28. The SMILES string of the molecule is Nc1nc(C(=O)O)c(Br)cc1Cl. The van der Waals surface area contributed by atoms with E-state index in [1.807, 2.05) is 0 Å². The average molecular weight is 251 g/mol. The lowest BCUT2D eigenvalue weighted by atomic mass is 10.3. The van der Waals surface area contributed by atoms with Gasteiger partial charge in [0.25, 0.3) is 0 Å². The van der Waals surface area contributed by atoms with Crippen LogP contribution in [0.5, 0.6) is 0 Å². The number of nitrogens with two attached hydrogens (primary N) is 1. The van der Waals surface area contributed by atoms with Crippen molar-refractivity contribution in [3.63, 3.8) is 0 Å². The van der Waals surface area contributed by atoms with Gasteiger partial charge in [0, 0.05) is 0 Å². The Morgan fingerprint density at radius 2 is 2.33 bits per heavy atom. The summed E-state index contributed by atoms with van der Waals surface area (Å²) >= 11 is 8.58. The fourth-order valence-corrected chi connectivity index (χ4v) is 1.40. The van der Waals surface area contributed by atoms with Gasteiger partial charge < -0.3 is 10.8 Å². The molecule has 0 unspecified atom stereocenters. The molecule has 3 N–H and O–H groups in total. The molecule has 0 aliphatic carbocycles. The summed E-state index contributed by atoms with van der Waals surface area (Å²) in [5.41, 5.74) is 5.16. The fourth-order valence-electron chi connectivity index (χ4n) is 0.631. The molecule has 4 nitrogen and oxygen atoms in total. The molecule has 1 aromatic heterocycles. The van der Waals surface area contributed by atoms with Crippen LogP contribution in [-0.4, -0.2) is 16.1 Å². The number of carboxylic acids is 1. The van der Waals surface area contributed by atoms with Gasteiger partial charge in [-0.2, -0.15) is 0 Å². The van der Waals surface area contributed by atoms with Crippen molar-refractivity contribution in [3.8, 4) is 0 Å². The van der Waals surface area contributed by atoms with Crippen molar-refractivity contribution in [2.75, 3.05) is 5.73 Å². The fraction of sp³-hybridized carbons (Fsp3) is 0. The first-order valence-corrected chi connectivity index (χ1v) is 4.04. The maximum Gasteiger partial charge on any atom is 0.355 e. The number of pyridine rings is 1. The molecular formula is C6H4BrClN2O2. The minimum absolute atomic E-state index is 0.0114.